The van der Waals surface area contributed by atoms with Crippen molar-refractivity contribution in [2.75, 3.05) is 7.11 Å². The van der Waals surface area contributed by atoms with Gasteiger partial charge in [-0.15, -0.1) is 0 Å². The maximum Gasteiger partial charge on any atom is 0.273 e. The first-order valence-corrected chi connectivity index (χ1v) is 6.49. The van der Waals surface area contributed by atoms with E-state index in [-0.39, 0.29) is 5.56 Å². The number of amides is 2. The van der Waals surface area contributed by atoms with E-state index in [9.17, 15) is 9.59 Å². The van der Waals surface area contributed by atoms with E-state index in [1.54, 1.807) is 48.5 Å². The van der Waals surface area contributed by atoms with Crippen LogP contribution in [-0.2, 0) is 0 Å². The zero-order valence-corrected chi connectivity index (χ0v) is 12.0. The van der Waals surface area contributed by atoms with Crippen LogP contribution in [0.4, 0.5) is 0 Å². The summed E-state index contributed by atoms with van der Waals surface area (Å²) in [5.74, 6) is -0.557. The van der Waals surface area contributed by atoms with Gasteiger partial charge in [-0.3, -0.25) is 20.4 Å². The van der Waals surface area contributed by atoms with E-state index in [0.29, 0.717) is 16.3 Å². The lowest BCUT2D eigenvalue weighted by Gasteiger charge is -2.10. The molecule has 2 N–H and O–H groups in total. The summed E-state index contributed by atoms with van der Waals surface area (Å²) in [6.07, 6.45) is 0. The highest BCUT2D eigenvalue weighted by molar-refractivity contribution is 6.33. The van der Waals surface area contributed by atoms with Crippen molar-refractivity contribution in [1.29, 1.82) is 0 Å². The Hall–Kier alpha value is -2.53. The van der Waals surface area contributed by atoms with Gasteiger partial charge >= 0.3 is 0 Å². The van der Waals surface area contributed by atoms with Crippen molar-refractivity contribution in [2.24, 2.45) is 0 Å². The highest BCUT2D eigenvalue weighted by Gasteiger charge is 2.14. The number of hydrogen-bond acceptors (Lipinski definition) is 3. The third kappa shape index (κ3) is 3.52. The van der Waals surface area contributed by atoms with Gasteiger partial charge in [-0.05, 0) is 24.3 Å². The van der Waals surface area contributed by atoms with Crippen LogP contribution < -0.4 is 15.6 Å². The number of rotatable bonds is 3. The van der Waals surface area contributed by atoms with Crippen LogP contribution >= 0.6 is 11.6 Å². The Labute approximate surface area is 126 Å². The molecule has 108 valence electrons. The van der Waals surface area contributed by atoms with Gasteiger partial charge in [0.25, 0.3) is 11.8 Å². The quantitative estimate of drug-likeness (QED) is 0.856. The average Bonchev–Trinajstić information content (AvgIpc) is 2.52. The van der Waals surface area contributed by atoms with Gasteiger partial charge in [-0.25, -0.2) is 0 Å². The van der Waals surface area contributed by atoms with E-state index in [2.05, 4.69) is 10.9 Å². The molecule has 0 radical (unpaired) electrons. The predicted octanol–water partition coefficient (Wildman–Crippen LogP) is 2.42. The number of carbonyl (C=O) groups is 2. The standard InChI is InChI=1S/C15H13ClN2O3/c1-21-13-9-5-3-7-11(13)15(20)18-17-14(19)10-6-2-4-8-12(10)16/h2-9H,1H3,(H,17,19)(H,18,20). The summed E-state index contributed by atoms with van der Waals surface area (Å²) in [6, 6.07) is 13.3. The first-order valence-electron chi connectivity index (χ1n) is 6.11. The normalized spacial score (nSPS) is 9.81. The Morgan fingerprint density at radius 3 is 2.05 bits per heavy atom. The summed E-state index contributed by atoms with van der Waals surface area (Å²) >= 11 is 5.91. The molecule has 0 aliphatic carbocycles. The van der Waals surface area contributed by atoms with E-state index < -0.39 is 11.8 Å². The minimum Gasteiger partial charge on any atom is -0.496 e. The summed E-state index contributed by atoms with van der Waals surface area (Å²) in [6.45, 7) is 0. The molecule has 0 atom stereocenters. The number of methoxy groups -OCH3 is 1. The highest BCUT2D eigenvalue weighted by atomic mass is 35.5. The summed E-state index contributed by atoms with van der Waals surface area (Å²) < 4.78 is 5.08. The first-order chi connectivity index (χ1) is 10.1. The number of carbonyl (C=O) groups excluding carboxylic acids is 2. The predicted molar refractivity (Wildman–Crippen MR) is 79.4 cm³/mol. The molecule has 0 heterocycles. The maximum atomic E-state index is 12.0. The number of nitrogens with one attached hydrogen (secondary N) is 2. The molecule has 0 aliphatic heterocycles. The fourth-order valence-corrected chi connectivity index (χ4v) is 1.95. The highest BCUT2D eigenvalue weighted by Crippen LogP contribution is 2.17. The molecule has 2 amide bonds. The fourth-order valence-electron chi connectivity index (χ4n) is 1.73. The molecule has 0 aromatic heterocycles. The summed E-state index contributed by atoms with van der Waals surface area (Å²) in [5, 5.41) is 0.307. The Balaban J connectivity index is 2.05. The molecule has 0 unspecified atom stereocenters. The summed E-state index contributed by atoms with van der Waals surface area (Å²) in [5.41, 5.74) is 5.23. The summed E-state index contributed by atoms with van der Waals surface area (Å²) in [7, 11) is 1.47. The van der Waals surface area contributed by atoms with Gasteiger partial charge in [-0.1, -0.05) is 35.9 Å². The number of halogens is 1. The van der Waals surface area contributed by atoms with Crippen LogP contribution in [0.25, 0.3) is 0 Å². The molecule has 0 aliphatic rings. The van der Waals surface area contributed by atoms with Crippen molar-refractivity contribution in [3.05, 3.63) is 64.7 Å². The van der Waals surface area contributed by atoms with Crippen LogP contribution in [0.2, 0.25) is 5.02 Å². The molecule has 0 fully saturated rings. The summed E-state index contributed by atoms with van der Waals surface area (Å²) in [4.78, 5) is 23.9. The fraction of sp³-hybridized carbons (Fsp3) is 0.0667. The molecule has 2 aromatic carbocycles. The molecule has 21 heavy (non-hydrogen) atoms. The van der Waals surface area contributed by atoms with Crippen molar-refractivity contribution >= 4 is 23.4 Å². The second-order valence-electron chi connectivity index (χ2n) is 4.09. The Kier molecular flexibility index (Phi) is 4.79. The van der Waals surface area contributed by atoms with E-state index >= 15 is 0 Å². The molecular formula is C15H13ClN2O3. The van der Waals surface area contributed by atoms with E-state index in [1.807, 2.05) is 0 Å². The van der Waals surface area contributed by atoms with Crippen molar-refractivity contribution in [1.82, 2.24) is 10.9 Å². The van der Waals surface area contributed by atoms with Gasteiger partial charge < -0.3 is 4.74 Å². The second-order valence-corrected chi connectivity index (χ2v) is 4.50. The van der Waals surface area contributed by atoms with Gasteiger partial charge in [0.15, 0.2) is 0 Å². The van der Waals surface area contributed by atoms with Gasteiger partial charge in [0, 0.05) is 0 Å². The van der Waals surface area contributed by atoms with Gasteiger partial charge in [0.2, 0.25) is 0 Å². The van der Waals surface area contributed by atoms with Crippen molar-refractivity contribution < 1.29 is 14.3 Å². The number of hydrogen-bond donors (Lipinski definition) is 2. The number of ether oxygens (including phenoxy) is 1. The topological polar surface area (TPSA) is 67.4 Å². The maximum absolute atomic E-state index is 12.0. The van der Waals surface area contributed by atoms with Crippen LogP contribution in [0.1, 0.15) is 20.7 Å². The van der Waals surface area contributed by atoms with Crippen LogP contribution in [0.15, 0.2) is 48.5 Å². The lowest BCUT2D eigenvalue weighted by molar-refractivity contribution is 0.0845. The van der Waals surface area contributed by atoms with Gasteiger partial charge in [0.05, 0.1) is 23.3 Å². The second kappa shape index (κ2) is 6.76. The van der Waals surface area contributed by atoms with Crippen molar-refractivity contribution in [2.45, 2.75) is 0 Å². The minimum absolute atomic E-state index is 0.277. The molecular weight excluding hydrogens is 292 g/mol. The molecule has 2 rings (SSSR count). The zero-order chi connectivity index (χ0) is 15.2. The van der Waals surface area contributed by atoms with Crippen LogP contribution in [0.3, 0.4) is 0 Å². The van der Waals surface area contributed by atoms with E-state index in [0.717, 1.165) is 0 Å². The lowest BCUT2D eigenvalue weighted by Crippen LogP contribution is -2.41. The third-order valence-electron chi connectivity index (χ3n) is 2.76. The number of benzene rings is 2. The number of para-hydroxylation sites is 1. The largest absolute Gasteiger partial charge is 0.496 e. The SMILES string of the molecule is COc1ccccc1C(=O)NNC(=O)c1ccccc1Cl. The molecule has 5 nitrogen and oxygen atoms in total. The van der Waals surface area contributed by atoms with Crippen molar-refractivity contribution in [3.8, 4) is 5.75 Å². The first kappa shape index (κ1) is 14.9. The number of hydrazine groups is 1. The molecule has 0 bridgehead atoms. The zero-order valence-electron chi connectivity index (χ0n) is 11.2. The Morgan fingerprint density at radius 2 is 1.43 bits per heavy atom. The monoisotopic (exact) mass is 304 g/mol. The molecule has 2 aromatic rings. The van der Waals surface area contributed by atoms with Crippen LogP contribution in [-0.4, -0.2) is 18.9 Å². The van der Waals surface area contributed by atoms with Crippen molar-refractivity contribution in [3.63, 3.8) is 0 Å². The van der Waals surface area contributed by atoms with Crippen LogP contribution in [0.5, 0.6) is 5.75 Å². The average molecular weight is 305 g/mol. The lowest BCUT2D eigenvalue weighted by atomic mass is 10.2. The van der Waals surface area contributed by atoms with Crippen LogP contribution in [0, 0.1) is 0 Å². The molecule has 0 saturated carbocycles. The van der Waals surface area contributed by atoms with Gasteiger partial charge in [-0.2, -0.15) is 0 Å². The third-order valence-corrected chi connectivity index (χ3v) is 3.09. The molecule has 0 spiro atoms. The van der Waals surface area contributed by atoms with Gasteiger partial charge in [0.1, 0.15) is 5.75 Å². The smallest absolute Gasteiger partial charge is 0.273 e. The molecule has 6 heteroatoms. The van der Waals surface area contributed by atoms with E-state index in [1.165, 1.54) is 7.11 Å². The Morgan fingerprint density at radius 1 is 0.905 bits per heavy atom. The minimum atomic E-state index is -0.496. The Bertz CT molecular complexity index is 673. The molecule has 0 saturated heterocycles. The van der Waals surface area contributed by atoms with E-state index in [4.69, 9.17) is 16.3 Å².